The van der Waals surface area contributed by atoms with Gasteiger partial charge in [0.15, 0.2) is 0 Å². The van der Waals surface area contributed by atoms with Gasteiger partial charge in [-0.05, 0) is 48.1 Å². The Bertz CT molecular complexity index is 692. The van der Waals surface area contributed by atoms with E-state index in [0.717, 1.165) is 42.6 Å². The highest BCUT2D eigenvalue weighted by Crippen LogP contribution is 2.34. The van der Waals surface area contributed by atoms with Crippen LogP contribution in [0.5, 0.6) is 5.75 Å². The summed E-state index contributed by atoms with van der Waals surface area (Å²) in [6.45, 7) is 1.65. The summed E-state index contributed by atoms with van der Waals surface area (Å²) in [5.74, 6) is 1.08. The molecule has 0 saturated heterocycles. The Balaban J connectivity index is 1.68. The van der Waals surface area contributed by atoms with E-state index in [0.29, 0.717) is 0 Å². The van der Waals surface area contributed by atoms with E-state index in [1.165, 1.54) is 28.7 Å². The lowest BCUT2D eigenvalue weighted by Crippen LogP contribution is -2.15. The minimum Gasteiger partial charge on any atom is -0.493 e. The van der Waals surface area contributed by atoms with Crippen molar-refractivity contribution in [3.8, 4) is 5.75 Å². The van der Waals surface area contributed by atoms with E-state index in [2.05, 4.69) is 45.0 Å². The van der Waals surface area contributed by atoms with Crippen molar-refractivity contribution >= 4 is 15.9 Å². The molecule has 2 aromatic rings. The first kappa shape index (κ1) is 13.4. The maximum absolute atomic E-state index is 6.22. The summed E-state index contributed by atoms with van der Waals surface area (Å²) in [6.07, 6.45) is 8.95. The predicted octanol–water partition coefficient (Wildman–Crippen LogP) is 3.57. The molecule has 1 aliphatic heterocycles. The van der Waals surface area contributed by atoms with Gasteiger partial charge in [-0.3, -0.25) is 0 Å². The molecule has 0 fully saturated rings. The molecule has 0 spiro atoms. The molecular formula is C17H19BrN2O. The fraction of sp³-hybridized carbons (Fsp3) is 0.412. The van der Waals surface area contributed by atoms with E-state index in [-0.39, 0.29) is 6.04 Å². The zero-order valence-corrected chi connectivity index (χ0v) is 13.5. The molecule has 1 unspecified atom stereocenters. The number of aryl methyl sites for hydroxylation is 1. The molecule has 4 rings (SSSR count). The lowest BCUT2D eigenvalue weighted by atomic mass is 9.92. The van der Waals surface area contributed by atoms with Crippen molar-refractivity contribution in [2.24, 2.45) is 5.73 Å². The number of nitrogens with zero attached hydrogens (tertiary/aromatic N) is 1. The number of rotatable bonds is 2. The molecule has 1 aromatic heterocycles. The highest BCUT2D eigenvalue weighted by atomic mass is 79.9. The molecule has 0 radical (unpaired) electrons. The van der Waals surface area contributed by atoms with Gasteiger partial charge < -0.3 is 15.0 Å². The third-order valence-corrected chi connectivity index (χ3v) is 4.99. The summed E-state index contributed by atoms with van der Waals surface area (Å²) < 4.78 is 9.22. The zero-order chi connectivity index (χ0) is 14.4. The Hall–Kier alpha value is -1.26. The van der Waals surface area contributed by atoms with Crippen LogP contribution in [0.25, 0.3) is 0 Å². The number of aromatic nitrogens is 1. The van der Waals surface area contributed by atoms with Gasteiger partial charge >= 0.3 is 0 Å². The van der Waals surface area contributed by atoms with Crippen LogP contribution in [0, 0.1) is 0 Å². The van der Waals surface area contributed by atoms with E-state index in [1.54, 1.807) is 0 Å². The average Bonchev–Trinajstić information content (AvgIpc) is 3.05. The topological polar surface area (TPSA) is 40.2 Å². The van der Waals surface area contributed by atoms with Crippen molar-refractivity contribution in [3.05, 3.63) is 51.3 Å². The minimum atomic E-state index is 0.208. The van der Waals surface area contributed by atoms with E-state index in [4.69, 9.17) is 10.5 Å². The molecule has 0 bridgehead atoms. The lowest BCUT2D eigenvalue weighted by molar-refractivity contribution is 0.352. The van der Waals surface area contributed by atoms with Gasteiger partial charge in [0.1, 0.15) is 5.75 Å². The standard InChI is InChI=1S/C17H19BrN2O/c18-14-6-11-4-5-21-17(11)13(7-14)9-20-8-12-2-1-3-16(19)15(12)10-20/h6-8,10,16H,1-5,9,19H2. The predicted molar refractivity (Wildman–Crippen MR) is 86.7 cm³/mol. The third kappa shape index (κ3) is 2.40. The molecule has 0 amide bonds. The normalized spacial score (nSPS) is 20.0. The van der Waals surface area contributed by atoms with Gasteiger partial charge in [0, 0.05) is 34.9 Å². The van der Waals surface area contributed by atoms with Crippen LogP contribution in [0.2, 0.25) is 0 Å². The lowest BCUT2D eigenvalue weighted by Gasteiger charge is -2.17. The third-order valence-electron chi connectivity index (χ3n) is 4.54. The van der Waals surface area contributed by atoms with Crippen LogP contribution in [-0.2, 0) is 19.4 Å². The Morgan fingerprint density at radius 3 is 3.00 bits per heavy atom. The maximum atomic E-state index is 6.22. The van der Waals surface area contributed by atoms with Gasteiger partial charge in [-0.1, -0.05) is 15.9 Å². The molecule has 21 heavy (non-hydrogen) atoms. The van der Waals surface area contributed by atoms with Crippen molar-refractivity contribution in [2.75, 3.05) is 6.61 Å². The average molecular weight is 347 g/mol. The van der Waals surface area contributed by atoms with E-state index < -0.39 is 0 Å². The molecular weight excluding hydrogens is 328 g/mol. The van der Waals surface area contributed by atoms with Crippen LogP contribution in [0.3, 0.4) is 0 Å². The summed E-state index contributed by atoms with van der Waals surface area (Å²) in [5.41, 5.74) is 11.5. The van der Waals surface area contributed by atoms with Crippen LogP contribution in [0.1, 0.15) is 41.1 Å². The highest BCUT2D eigenvalue weighted by Gasteiger charge is 2.21. The second-order valence-electron chi connectivity index (χ2n) is 6.06. The van der Waals surface area contributed by atoms with Gasteiger partial charge in [0.05, 0.1) is 13.2 Å². The van der Waals surface area contributed by atoms with Crippen LogP contribution >= 0.6 is 15.9 Å². The van der Waals surface area contributed by atoms with Crippen molar-refractivity contribution in [3.63, 3.8) is 0 Å². The maximum Gasteiger partial charge on any atom is 0.127 e. The van der Waals surface area contributed by atoms with Gasteiger partial charge in [-0.25, -0.2) is 0 Å². The van der Waals surface area contributed by atoms with Crippen molar-refractivity contribution in [1.29, 1.82) is 0 Å². The number of hydrogen-bond acceptors (Lipinski definition) is 2. The second-order valence-corrected chi connectivity index (χ2v) is 6.98. The first-order chi connectivity index (χ1) is 10.2. The molecule has 1 atom stereocenters. The molecule has 2 N–H and O–H groups in total. The second kappa shape index (κ2) is 5.18. The minimum absolute atomic E-state index is 0.208. The summed E-state index contributed by atoms with van der Waals surface area (Å²) in [5, 5.41) is 0. The smallest absolute Gasteiger partial charge is 0.127 e. The van der Waals surface area contributed by atoms with E-state index in [1.807, 2.05) is 0 Å². The van der Waals surface area contributed by atoms with Gasteiger partial charge in [0.25, 0.3) is 0 Å². The molecule has 1 aromatic carbocycles. The quantitative estimate of drug-likeness (QED) is 0.902. The number of nitrogens with two attached hydrogens (primary N) is 1. The summed E-state index contributed by atoms with van der Waals surface area (Å²) in [6, 6.07) is 4.55. The van der Waals surface area contributed by atoms with Gasteiger partial charge in [-0.2, -0.15) is 0 Å². The fourth-order valence-electron chi connectivity index (χ4n) is 3.54. The first-order valence-electron chi connectivity index (χ1n) is 7.59. The molecule has 3 nitrogen and oxygen atoms in total. The zero-order valence-electron chi connectivity index (χ0n) is 11.9. The molecule has 2 heterocycles. The largest absolute Gasteiger partial charge is 0.493 e. The summed E-state index contributed by atoms with van der Waals surface area (Å²) in [7, 11) is 0. The Morgan fingerprint density at radius 2 is 2.14 bits per heavy atom. The Morgan fingerprint density at radius 1 is 1.24 bits per heavy atom. The van der Waals surface area contributed by atoms with Gasteiger partial charge in [-0.15, -0.1) is 0 Å². The molecule has 110 valence electrons. The highest BCUT2D eigenvalue weighted by molar-refractivity contribution is 9.10. The number of benzene rings is 1. The molecule has 2 aliphatic rings. The SMILES string of the molecule is NC1CCCc2cn(Cc3cc(Br)cc4c3OCC4)cc21. The van der Waals surface area contributed by atoms with Crippen molar-refractivity contribution < 1.29 is 4.74 Å². The molecule has 1 aliphatic carbocycles. The van der Waals surface area contributed by atoms with Crippen LogP contribution in [-0.4, -0.2) is 11.2 Å². The van der Waals surface area contributed by atoms with Crippen LogP contribution < -0.4 is 10.5 Å². The van der Waals surface area contributed by atoms with Gasteiger partial charge in [0.2, 0.25) is 0 Å². The Labute approximate surface area is 133 Å². The molecule has 4 heteroatoms. The fourth-order valence-corrected chi connectivity index (χ4v) is 4.09. The number of hydrogen-bond donors (Lipinski definition) is 1. The number of halogens is 1. The first-order valence-corrected chi connectivity index (χ1v) is 8.38. The number of ether oxygens (including phenoxy) is 1. The van der Waals surface area contributed by atoms with Crippen LogP contribution in [0.15, 0.2) is 29.0 Å². The Kier molecular flexibility index (Phi) is 3.31. The summed E-state index contributed by atoms with van der Waals surface area (Å²) >= 11 is 3.61. The van der Waals surface area contributed by atoms with Crippen LogP contribution in [0.4, 0.5) is 0 Å². The van der Waals surface area contributed by atoms with E-state index in [9.17, 15) is 0 Å². The number of fused-ring (bicyclic) bond motifs is 2. The van der Waals surface area contributed by atoms with E-state index >= 15 is 0 Å². The monoisotopic (exact) mass is 346 g/mol. The van der Waals surface area contributed by atoms with Crippen molar-refractivity contribution in [1.82, 2.24) is 4.57 Å². The molecule has 0 saturated carbocycles. The van der Waals surface area contributed by atoms with Crippen molar-refractivity contribution in [2.45, 2.75) is 38.3 Å². The summed E-state index contributed by atoms with van der Waals surface area (Å²) in [4.78, 5) is 0.